The monoisotopic (exact) mass is 543 g/mol. The fourth-order valence-electron chi connectivity index (χ4n) is 8.24. The van der Waals surface area contributed by atoms with Crippen LogP contribution in [0.3, 0.4) is 0 Å². The summed E-state index contributed by atoms with van der Waals surface area (Å²) in [6.07, 6.45) is 0. The molecule has 0 spiro atoms. The largest absolute Gasteiger partial charge is 0.455 e. The highest BCUT2D eigenvalue weighted by molar-refractivity contribution is 7.01. The number of furan rings is 2. The first-order chi connectivity index (χ1) is 21.3. The Hall–Kier alpha value is -5.79. The molecule has 2 aliphatic rings. The first kappa shape index (κ1) is 21.9. The molecule has 3 nitrogen and oxygen atoms in total. The van der Waals surface area contributed by atoms with Crippen LogP contribution < -0.4 is 16.4 Å². The van der Waals surface area contributed by atoms with Crippen LogP contribution in [-0.2, 0) is 0 Å². The molecule has 0 saturated heterocycles. The van der Waals surface area contributed by atoms with Gasteiger partial charge in [0.05, 0.1) is 11.6 Å². The van der Waals surface area contributed by atoms with E-state index in [1.165, 1.54) is 27.2 Å². The topological polar surface area (TPSA) is 50.1 Å². The van der Waals surface area contributed by atoms with Gasteiger partial charge in [-0.3, -0.25) is 0 Å². The lowest BCUT2D eigenvalue weighted by Crippen LogP contribution is -2.57. The van der Waals surface area contributed by atoms with Gasteiger partial charge in [0.15, 0.2) is 0 Å². The van der Waals surface area contributed by atoms with Crippen LogP contribution in [0.1, 0.15) is 5.56 Å². The summed E-state index contributed by atoms with van der Waals surface area (Å²) in [6.45, 7) is -0.0105. The second-order valence-corrected chi connectivity index (χ2v) is 11.9. The summed E-state index contributed by atoms with van der Waals surface area (Å²) >= 11 is 0. The molecule has 43 heavy (non-hydrogen) atoms. The highest BCUT2D eigenvalue weighted by Crippen LogP contribution is 2.44. The van der Waals surface area contributed by atoms with Gasteiger partial charge in [0.1, 0.15) is 22.3 Å². The fraction of sp³-hybridized carbons (Fsp3) is 0. The van der Waals surface area contributed by atoms with Gasteiger partial charge in [-0.1, -0.05) is 101 Å². The zero-order chi connectivity index (χ0) is 28.0. The number of nitrogens with zero attached hydrogens (tertiary/aromatic N) is 1. The van der Waals surface area contributed by atoms with Gasteiger partial charge in [-0.25, -0.2) is 0 Å². The SMILES string of the molecule is N#Cc1cc2c3c(c1)-c1cccc4c1c(cc1c5ccccc5oc41)B3c1cc3c4ccccc4oc3c3cccc-2c13. The third kappa shape index (κ3) is 2.50. The summed E-state index contributed by atoms with van der Waals surface area (Å²) in [6, 6.07) is 41.0. The first-order valence-corrected chi connectivity index (χ1v) is 14.6. The minimum atomic E-state index is -0.0105. The average Bonchev–Trinajstić information content (AvgIpc) is 3.63. The molecule has 0 saturated carbocycles. The van der Waals surface area contributed by atoms with Crippen LogP contribution in [-0.4, -0.2) is 6.71 Å². The normalized spacial score (nSPS) is 13.0. The van der Waals surface area contributed by atoms with Gasteiger partial charge in [0.2, 0.25) is 6.71 Å². The molecule has 0 unspecified atom stereocenters. The van der Waals surface area contributed by atoms with Crippen molar-refractivity contribution in [3.63, 3.8) is 0 Å². The molecule has 2 aliphatic heterocycles. The van der Waals surface area contributed by atoms with Crippen LogP contribution >= 0.6 is 0 Å². The van der Waals surface area contributed by atoms with Crippen molar-refractivity contribution >= 4 is 88.5 Å². The van der Waals surface area contributed by atoms with Crippen molar-refractivity contribution in [1.29, 1.82) is 5.26 Å². The number of hydrogen-bond acceptors (Lipinski definition) is 3. The molecule has 0 aliphatic carbocycles. The van der Waals surface area contributed by atoms with Gasteiger partial charge in [-0.05, 0) is 57.3 Å². The fourth-order valence-corrected chi connectivity index (χ4v) is 8.24. The molecule has 4 heterocycles. The lowest BCUT2D eigenvalue weighted by Gasteiger charge is -2.34. The standard InChI is InChI=1S/C39H18BNO2/c41-19-20-15-27-23-9-5-11-25-35(23)31(17-29-21-7-1-3-13-33(21)42-38(25)29)40-32-18-30-22-8-2-4-14-34(22)43-39(30)26-12-6-10-24(36(26)32)28(16-20)37(27)40/h1-18H. The number of rotatable bonds is 0. The van der Waals surface area contributed by atoms with Crippen LogP contribution in [0.2, 0.25) is 0 Å². The van der Waals surface area contributed by atoms with E-state index in [1.54, 1.807) is 0 Å². The van der Waals surface area contributed by atoms with Crippen molar-refractivity contribution < 1.29 is 8.83 Å². The molecule has 0 fully saturated rings. The van der Waals surface area contributed by atoms with E-state index in [2.05, 4.69) is 103 Å². The predicted octanol–water partition coefficient (Wildman–Crippen LogP) is 8.14. The second-order valence-electron chi connectivity index (χ2n) is 11.9. The summed E-state index contributed by atoms with van der Waals surface area (Å²) in [5, 5.41) is 19.4. The molecular weight excluding hydrogens is 525 g/mol. The molecule has 4 heteroatoms. The Bertz CT molecular complexity index is 2630. The molecule has 7 aromatic carbocycles. The average molecular weight is 543 g/mol. The Morgan fingerprint density at radius 3 is 1.49 bits per heavy atom. The van der Waals surface area contributed by atoms with E-state index in [1.807, 2.05) is 12.1 Å². The van der Waals surface area contributed by atoms with Gasteiger partial charge < -0.3 is 8.83 Å². The number of nitriles is 1. The Morgan fingerprint density at radius 1 is 0.488 bits per heavy atom. The minimum Gasteiger partial charge on any atom is -0.455 e. The van der Waals surface area contributed by atoms with E-state index in [0.717, 1.165) is 76.9 Å². The molecular formula is C39H18BNO2. The minimum absolute atomic E-state index is 0.0105. The predicted molar refractivity (Wildman–Crippen MR) is 176 cm³/mol. The van der Waals surface area contributed by atoms with Crippen molar-refractivity contribution in [1.82, 2.24) is 0 Å². The van der Waals surface area contributed by atoms with Gasteiger partial charge in [0.25, 0.3) is 0 Å². The van der Waals surface area contributed by atoms with Crippen LogP contribution in [0.4, 0.5) is 0 Å². The zero-order valence-electron chi connectivity index (χ0n) is 22.7. The van der Waals surface area contributed by atoms with Crippen LogP contribution in [0.25, 0.3) is 87.7 Å². The number of fused-ring (bicyclic) bond motifs is 12. The lowest BCUT2D eigenvalue weighted by atomic mass is 9.31. The molecule has 2 aromatic heterocycles. The van der Waals surface area contributed by atoms with Crippen molar-refractivity contribution in [2.24, 2.45) is 0 Å². The van der Waals surface area contributed by atoms with E-state index >= 15 is 0 Å². The number of hydrogen-bond donors (Lipinski definition) is 0. The maximum Gasteiger partial charge on any atom is 0.244 e. The quantitative estimate of drug-likeness (QED) is 0.182. The van der Waals surface area contributed by atoms with Crippen molar-refractivity contribution in [3.05, 3.63) is 115 Å². The maximum atomic E-state index is 10.2. The summed E-state index contributed by atoms with van der Waals surface area (Å²) in [5.41, 5.74) is 12.7. The molecule has 9 aromatic rings. The van der Waals surface area contributed by atoms with Crippen LogP contribution in [0, 0.1) is 11.3 Å². The Balaban J connectivity index is 1.41. The van der Waals surface area contributed by atoms with Crippen molar-refractivity contribution in [2.45, 2.75) is 0 Å². The van der Waals surface area contributed by atoms with E-state index in [-0.39, 0.29) is 6.71 Å². The summed E-state index contributed by atoms with van der Waals surface area (Å²) in [4.78, 5) is 0. The van der Waals surface area contributed by atoms with E-state index in [9.17, 15) is 5.26 Å². The van der Waals surface area contributed by atoms with Gasteiger partial charge in [0, 0.05) is 32.3 Å². The molecule has 0 N–H and O–H groups in total. The third-order valence-corrected chi connectivity index (χ3v) is 9.86. The molecule has 0 radical (unpaired) electrons. The smallest absolute Gasteiger partial charge is 0.244 e. The lowest BCUT2D eigenvalue weighted by molar-refractivity contribution is 0.672. The number of para-hydroxylation sites is 2. The van der Waals surface area contributed by atoms with E-state index < -0.39 is 0 Å². The molecule has 0 bridgehead atoms. The van der Waals surface area contributed by atoms with E-state index in [0.29, 0.717) is 5.56 Å². The zero-order valence-corrected chi connectivity index (χ0v) is 22.7. The first-order valence-electron chi connectivity index (χ1n) is 14.6. The van der Waals surface area contributed by atoms with E-state index in [4.69, 9.17) is 8.83 Å². The molecule has 0 amide bonds. The summed E-state index contributed by atoms with van der Waals surface area (Å²) < 4.78 is 13.1. The Kier molecular flexibility index (Phi) is 3.74. The maximum absolute atomic E-state index is 10.2. The highest BCUT2D eigenvalue weighted by Gasteiger charge is 2.40. The van der Waals surface area contributed by atoms with Gasteiger partial charge >= 0.3 is 0 Å². The summed E-state index contributed by atoms with van der Waals surface area (Å²) in [7, 11) is 0. The molecule has 194 valence electrons. The second kappa shape index (κ2) is 7.34. The summed E-state index contributed by atoms with van der Waals surface area (Å²) in [5.74, 6) is 0. The number of benzene rings is 7. The van der Waals surface area contributed by atoms with Crippen molar-refractivity contribution in [3.8, 4) is 28.3 Å². The van der Waals surface area contributed by atoms with Crippen LogP contribution in [0.15, 0.2) is 118 Å². The van der Waals surface area contributed by atoms with Crippen molar-refractivity contribution in [2.75, 3.05) is 0 Å². The Labute approximate surface area is 245 Å². The van der Waals surface area contributed by atoms with Gasteiger partial charge in [-0.15, -0.1) is 0 Å². The highest BCUT2D eigenvalue weighted by atomic mass is 16.3. The van der Waals surface area contributed by atoms with Gasteiger partial charge in [-0.2, -0.15) is 5.26 Å². The Morgan fingerprint density at radius 2 is 0.977 bits per heavy atom. The third-order valence-electron chi connectivity index (χ3n) is 9.86. The molecule has 11 rings (SSSR count). The molecule has 0 atom stereocenters. The van der Waals surface area contributed by atoms with Crippen LogP contribution in [0.5, 0.6) is 0 Å².